The van der Waals surface area contributed by atoms with Crippen molar-refractivity contribution < 1.29 is 4.42 Å². The Morgan fingerprint density at radius 2 is 2.15 bits per heavy atom. The van der Waals surface area contributed by atoms with Gasteiger partial charge in [-0.25, -0.2) is 0 Å². The van der Waals surface area contributed by atoms with Crippen LogP contribution in [0.15, 0.2) is 33.2 Å². The topological polar surface area (TPSA) is 51.0 Å². The number of hydrogen-bond acceptors (Lipinski definition) is 5. The molecule has 20 heavy (non-hydrogen) atoms. The van der Waals surface area contributed by atoms with E-state index in [1.54, 1.807) is 0 Å². The minimum atomic E-state index is 0.548. The number of halogens is 1. The Hall–Kier alpha value is -0.850. The summed E-state index contributed by atoms with van der Waals surface area (Å²) >= 11 is 5.36. The molecule has 6 heteroatoms. The zero-order valence-electron chi connectivity index (χ0n) is 11.6. The minimum Gasteiger partial charge on any atom is -0.419 e. The molecule has 4 nitrogen and oxygen atoms in total. The van der Waals surface area contributed by atoms with Crippen molar-refractivity contribution in [1.29, 1.82) is 0 Å². The van der Waals surface area contributed by atoms with Crippen LogP contribution in [0.5, 0.6) is 0 Å². The highest BCUT2D eigenvalue weighted by Crippen LogP contribution is 2.26. The summed E-state index contributed by atoms with van der Waals surface area (Å²) in [6, 6.07) is 7.82. The molecule has 2 aromatic rings. The lowest BCUT2D eigenvalue weighted by Gasteiger charge is -2.07. The van der Waals surface area contributed by atoms with Gasteiger partial charge in [0.1, 0.15) is 0 Å². The van der Waals surface area contributed by atoms with E-state index in [9.17, 15) is 0 Å². The molecular weight excluding hydrogens is 338 g/mol. The van der Waals surface area contributed by atoms with E-state index in [0.717, 1.165) is 23.0 Å². The molecule has 0 saturated carbocycles. The van der Waals surface area contributed by atoms with E-state index in [2.05, 4.69) is 44.6 Å². The first-order chi connectivity index (χ1) is 9.70. The van der Waals surface area contributed by atoms with Gasteiger partial charge in [-0.05, 0) is 47.3 Å². The van der Waals surface area contributed by atoms with Gasteiger partial charge in [-0.2, -0.15) is 11.8 Å². The van der Waals surface area contributed by atoms with Gasteiger partial charge in [0, 0.05) is 9.72 Å². The molecule has 0 saturated heterocycles. The molecule has 0 amide bonds. The first kappa shape index (κ1) is 15.5. The third-order valence-electron chi connectivity index (χ3n) is 2.98. The van der Waals surface area contributed by atoms with Crippen LogP contribution in [-0.4, -0.2) is 28.2 Å². The number of nitrogens with zero attached hydrogens (tertiary/aromatic N) is 2. The molecule has 1 heterocycles. The zero-order chi connectivity index (χ0) is 14.4. The molecule has 0 spiro atoms. The van der Waals surface area contributed by atoms with Crippen molar-refractivity contribution in [3.8, 4) is 11.5 Å². The predicted molar refractivity (Wildman–Crippen MR) is 86.7 cm³/mol. The second-order valence-corrected chi connectivity index (χ2v) is 6.62. The van der Waals surface area contributed by atoms with Gasteiger partial charge < -0.3 is 9.73 Å². The Morgan fingerprint density at radius 1 is 1.35 bits per heavy atom. The monoisotopic (exact) mass is 355 g/mol. The number of nitrogens with one attached hydrogen (secondary N) is 1. The largest absolute Gasteiger partial charge is 0.419 e. The predicted octanol–water partition coefficient (Wildman–Crippen LogP) is 3.73. The summed E-state index contributed by atoms with van der Waals surface area (Å²) in [6.07, 6.45) is 3.26. The molecular formula is C14H18BrN3OS. The van der Waals surface area contributed by atoms with Gasteiger partial charge in [0.15, 0.2) is 0 Å². The van der Waals surface area contributed by atoms with Gasteiger partial charge in [-0.15, -0.1) is 10.2 Å². The molecule has 0 aliphatic heterocycles. The second kappa shape index (κ2) is 7.81. The lowest BCUT2D eigenvalue weighted by atomic mass is 10.2. The normalized spacial score (nSPS) is 12.6. The van der Waals surface area contributed by atoms with Crippen molar-refractivity contribution in [3.05, 3.63) is 34.6 Å². The number of rotatable bonds is 7. The first-order valence-electron chi connectivity index (χ1n) is 6.51. The van der Waals surface area contributed by atoms with Crippen molar-refractivity contribution in [2.45, 2.75) is 25.1 Å². The SMILES string of the molecule is CSC(C)CCNCc1nnc(-c2ccccc2Br)o1. The highest BCUT2D eigenvalue weighted by atomic mass is 79.9. The van der Waals surface area contributed by atoms with Gasteiger partial charge in [0.25, 0.3) is 0 Å². The van der Waals surface area contributed by atoms with Crippen molar-refractivity contribution in [2.75, 3.05) is 12.8 Å². The molecule has 108 valence electrons. The number of thioether (sulfide) groups is 1. The van der Waals surface area contributed by atoms with Gasteiger partial charge in [0.05, 0.1) is 12.1 Å². The third-order valence-corrected chi connectivity index (χ3v) is 4.71. The molecule has 2 rings (SSSR count). The Balaban J connectivity index is 1.88. The van der Waals surface area contributed by atoms with Crippen LogP contribution in [0.3, 0.4) is 0 Å². The second-order valence-electron chi connectivity index (χ2n) is 4.49. The fourth-order valence-corrected chi connectivity index (χ4v) is 2.49. The van der Waals surface area contributed by atoms with Crippen molar-refractivity contribution in [1.82, 2.24) is 15.5 Å². The van der Waals surface area contributed by atoms with E-state index >= 15 is 0 Å². The van der Waals surface area contributed by atoms with Crippen LogP contribution < -0.4 is 5.32 Å². The van der Waals surface area contributed by atoms with E-state index in [-0.39, 0.29) is 0 Å². The highest BCUT2D eigenvalue weighted by molar-refractivity contribution is 9.10. The Bertz CT molecular complexity index is 547. The number of aromatic nitrogens is 2. The molecule has 0 bridgehead atoms. The van der Waals surface area contributed by atoms with Crippen molar-refractivity contribution in [2.24, 2.45) is 0 Å². The van der Waals surface area contributed by atoms with E-state index < -0.39 is 0 Å². The lowest BCUT2D eigenvalue weighted by Crippen LogP contribution is -2.17. The quantitative estimate of drug-likeness (QED) is 0.766. The molecule has 1 aromatic carbocycles. The molecule has 0 aliphatic rings. The van der Waals surface area contributed by atoms with Crippen LogP contribution in [0.25, 0.3) is 11.5 Å². The van der Waals surface area contributed by atoms with Gasteiger partial charge in [0.2, 0.25) is 11.8 Å². The minimum absolute atomic E-state index is 0.548. The average molecular weight is 356 g/mol. The summed E-state index contributed by atoms with van der Waals surface area (Å²) < 4.78 is 6.62. The maximum Gasteiger partial charge on any atom is 0.248 e. The highest BCUT2D eigenvalue weighted by Gasteiger charge is 2.10. The Kier molecular flexibility index (Phi) is 6.06. The molecule has 0 fully saturated rings. The average Bonchev–Trinajstić information content (AvgIpc) is 2.92. The van der Waals surface area contributed by atoms with Crippen molar-refractivity contribution in [3.63, 3.8) is 0 Å². The summed E-state index contributed by atoms with van der Waals surface area (Å²) in [4.78, 5) is 0. The van der Waals surface area contributed by atoms with Gasteiger partial charge >= 0.3 is 0 Å². The van der Waals surface area contributed by atoms with Crippen LogP contribution in [0.1, 0.15) is 19.2 Å². The van der Waals surface area contributed by atoms with Crippen LogP contribution in [0, 0.1) is 0 Å². The molecule has 0 radical (unpaired) electrons. The summed E-state index contributed by atoms with van der Waals surface area (Å²) in [6.45, 7) is 3.79. The maximum absolute atomic E-state index is 5.66. The maximum atomic E-state index is 5.66. The molecule has 1 atom stereocenters. The Morgan fingerprint density at radius 3 is 2.90 bits per heavy atom. The summed E-state index contributed by atoms with van der Waals surface area (Å²) in [7, 11) is 0. The van der Waals surface area contributed by atoms with E-state index in [1.807, 2.05) is 36.0 Å². The zero-order valence-corrected chi connectivity index (χ0v) is 14.0. The van der Waals surface area contributed by atoms with E-state index in [1.165, 1.54) is 0 Å². The van der Waals surface area contributed by atoms with Crippen molar-refractivity contribution >= 4 is 27.7 Å². The van der Waals surface area contributed by atoms with Gasteiger partial charge in [-0.1, -0.05) is 19.1 Å². The standard InChI is InChI=1S/C14H18BrN3OS/c1-10(20-2)7-8-16-9-13-17-18-14(19-13)11-5-3-4-6-12(11)15/h3-6,10,16H,7-9H2,1-2H3. The number of hydrogen-bond donors (Lipinski definition) is 1. The van der Waals surface area contributed by atoms with Crippen LogP contribution in [0.4, 0.5) is 0 Å². The lowest BCUT2D eigenvalue weighted by molar-refractivity contribution is 0.475. The van der Waals surface area contributed by atoms with Gasteiger partial charge in [-0.3, -0.25) is 0 Å². The molecule has 0 aliphatic carbocycles. The van der Waals surface area contributed by atoms with Crippen LogP contribution in [-0.2, 0) is 6.54 Å². The summed E-state index contributed by atoms with van der Waals surface area (Å²) in [5, 5.41) is 12.1. The van der Waals surface area contributed by atoms with Crippen LogP contribution >= 0.6 is 27.7 Å². The summed E-state index contributed by atoms with van der Waals surface area (Å²) in [5.74, 6) is 1.17. The third kappa shape index (κ3) is 4.33. The van der Waals surface area contributed by atoms with E-state index in [4.69, 9.17) is 4.42 Å². The van der Waals surface area contributed by atoms with Crippen LogP contribution in [0.2, 0.25) is 0 Å². The van der Waals surface area contributed by atoms with E-state index in [0.29, 0.717) is 23.6 Å². The number of benzene rings is 1. The molecule has 1 unspecified atom stereocenters. The summed E-state index contributed by atoms with van der Waals surface area (Å²) in [5.41, 5.74) is 0.919. The fraction of sp³-hybridized carbons (Fsp3) is 0.429. The molecule has 1 aromatic heterocycles. The Labute approximate surface area is 131 Å². The fourth-order valence-electron chi connectivity index (χ4n) is 1.69. The molecule has 1 N–H and O–H groups in total. The first-order valence-corrected chi connectivity index (χ1v) is 8.59. The smallest absolute Gasteiger partial charge is 0.248 e.